The van der Waals surface area contributed by atoms with E-state index in [1.54, 1.807) is 6.07 Å². The zero-order valence-electron chi connectivity index (χ0n) is 11.6. The average molecular weight is 366 g/mol. The summed E-state index contributed by atoms with van der Waals surface area (Å²) in [5.74, 6) is 1.03. The number of phenolic OH excluding ortho intramolecular Hbond substituents is 1. The SMILES string of the molecule is CC(C)n1c(-c2ccc(Br)c(O)c2)nc2cc(Cl)ccc21. The summed E-state index contributed by atoms with van der Waals surface area (Å²) in [7, 11) is 0. The quantitative estimate of drug-likeness (QED) is 0.659. The minimum Gasteiger partial charge on any atom is -0.507 e. The Balaban J connectivity index is 2.30. The molecule has 0 aliphatic carbocycles. The van der Waals surface area contributed by atoms with Gasteiger partial charge in [-0.25, -0.2) is 4.98 Å². The second kappa shape index (κ2) is 5.35. The van der Waals surface area contributed by atoms with Gasteiger partial charge in [0, 0.05) is 16.6 Å². The number of aromatic nitrogens is 2. The number of fused-ring (bicyclic) bond motifs is 1. The van der Waals surface area contributed by atoms with Crippen molar-refractivity contribution in [3.05, 3.63) is 45.9 Å². The van der Waals surface area contributed by atoms with Crippen molar-refractivity contribution in [2.24, 2.45) is 0 Å². The smallest absolute Gasteiger partial charge is 0.141 e. The molecule has 0 aliphatic rings. The Kier molecular flexibility index (Phi) is 3.68. The molecule has 2 aromatic carbocycles. The Morgan fingerprint density at radius 3 is 2.62 bits per heavy atom. The molecule has 0 radical (unpaired) electrons. The molecule has 3 rings (SSSR count). The lowest BCUT2D eigenvalue weighted by atomic mass is 10.2. The Hall–Kier alpha value is -1.52. The monoisotopic (exact) mass is 364 g/mol. The molecule has 0 saturated heterocycles. The highest BCUT2D eigenvalue weighted by atomic mass is 79.9. The number of rotatable bonds is 2. The number of imidazole rings is 1. The second-order valence-electron chi connectivity index (χ2n) is 5.20. The normalized spacial score (nSPS) is 11.5. The van der Waals surface area contributed by atoms with Crippen LogP contribution < -0.4 is 0 Å². The van der Waals surface area contributed by atoms with Gasteiger partial charge in [0.2, 0.25) is 0 Å². The predicted octanol–water partition coefficient (Wildman–Crippen LogP) is 5.41. The van der Waals surface area contributed by atoms with Crippen LogP contribution in [-0.2, 0) is 0 Å². The highest BCUT2D eigenvalue weighted by molar-refractivity contribution is 9.10. The van der Waals surface area contributed by atoms with Crippen LogP contribution in [0, 0.1) is 0 Å². The molecule has 0 bridgehead atoms. The fraction of sp³-hybridized carbons (Fsp3) is 0.188. The van der Waals surface area contributed by atoms with E-state index in [9.17, 15) is 5.11 Å². The van der Waals surface area contributed by atoms with Crippen LogP contribution in [0.4, 0.5) is 0 Å². The van der Waals surface area contributed by atoms with Crippen molar-refractivity contribution in [1.29, 1.82) is 0 Å². The molecule has 0 fully saturated rings. The van der Waals surface area contributed by atoms with Crippen LogP contribution in [0.15, 0.2) is 40.9 Å². The van der Waals surface area contributed by atoms with Gasteiger partial charge in [0.1, 0.15) is 11.6 Å². The number of nitrogens with zero attached hydrogens (tertiary/aromatic N) is 2. The third-order valence-electron chi connectivity index (χ3n) is 3.37. The van der Waals surface area contributed by atoms with Gasteiger partial charge in [0.25, 0.3) is 0 Å². The van der Waals surface area contributed by atoms with E-state index in [0.717, 1.165) is 22.4 Å². The molecule has 0 atom stereocenters. The van der Waals surface area contributed by atoms with Crippen LogP contribution in [0.3, 0.4) is 0 Å². The van der Waals surface area contributed by atoms with Gasteiger partial charge in [0.05, 0.1) is 15.5 Å². The maximum absolute atomic E-state index is 9.90. The zero-order chi connectivity index (χ0) is 15.1. The first kappa shape index (κ1) is 14.4. The van der Waals surface area contributed by atoms with Crippen LogP contribution in [0.5, 0.6) is 5.75 Å². The van der Waals surface area contributed by atoms with Crippen molar-refractivity contribution in [1.82, 2.24) is 9.55 Å². The summed E-state index contributed by atoms with van der Waals surface area (Å²) in [6, 6.07) is 11.4. The highest BCUT2D eigenvalue weighted by Crippen LogP contribution is 2.33. The van der Waals surface area contributed by atoms with Crippen molar-refractivity contribution in [3.8, 4) is 17.1 Å². The third-order valence-corrected chi connectivity index (χ3v) is 4.28. The number of hydrogen-bond donors (Lipinski definition) is 1. The van der Waals surface area contributed by atoms with Gasteiger partial charge in [-0.2, -0.15) is 0 Å². The fourth-order valence-electron chi connectivity index (χ4n) is 2.45. The van der Waals surface area contributed by atoms with E-state index >= 15 is 0 Å². The summed E-state index contributed by atoms with van der Waals surface area (Å²) in [5.41, 5.74) is 2.76. The van der Waals surface area contributed by atoms with E-state index < -0.39 is 0 Å². The summed E-state index contributed by atoms with van der Waals surface area (Å²) < 4.78 is 2.82. The Morgan fingerprint density at radius 1 is 1.19 bits per heavy atom. The number of aromatic hydroxyl groups is 1. The van der Waals surface area contributed by atoms with Crippen LogP contribution in [0.25, 0.3) is 22.4 Å². The van der Waals surface area contributed by atoms with E-state index in [0.29, 0.717) is 9.50 Å². The van der Waals surface area contributed by atoms with Crippen molar-refractivity contribution in [2.75, 3.05) is 0 Å². The Morgan fingerprint density at radius 2 is 1.95 bits per heavy atom. The summed E-state index contributed by atoms with van der Waals surface area (Å²) in [4.78, 5) is 4.69. The summed E-state index contributed by atoms with van der Waals surface area (Å²) in [6.07, 6.45) is 0. The fourth-order valence-corrected chi connectivity index (χ4v) is 2.86. The molecule has 1 heterocycles. The molecule has 0 saturated carbocycles. The van der Waals surface area contributed by atoms with Gasteiger partial charge in [-0.3, -0.25) is 0 Å². The standard InChI is InChI=1S/C16H14BrClN2O/c1-9(2)20-14-6-4-11(18)8-13(14)19-16(20)10-3-5-12(17)15(21)7-10/h3-9,21H,1-2H3. The molecule has 3 aromatic rings. The molecule has 1 aromatic heterocycles. The molecular weight excluding hydrogens is 352 g/mol. The number of hydrogen-bond acceptors (Lipinski definition) is 2. The van der Waals surface area contributed by atoms with Crippen molar-refractivity contribution in [2.45, 2.75) is 19.9 Å². The average Bonchev–Trinajstić information content (AvgIpc) is 2.80. The molecule has 5 heteroatoms. The largest absolute Gasteiger partial charge is 0.507 e. The van der Waals surface area contributed by atoms with Crippen LogP contribution >= 0.6 is 27.5 Å². The van der Waals surface area contributed by atoms with E-state index in [1.165, 1.54) is 0 Å². The maximum atomic E-state index is 9.90. The lowest BCUT2D eigenvalue weighted by molar-refractivity contribution is 0.472. The first-order chi connectivity index (χ1) is 9.97. The van der Waals surface area contributed by atoms with Gasteiger partial charge in [-0.05, 0) is 66.2 Å². The lowest BCUT2D eigenvalue weighted by Gasteiger charge is -2.13. The van der Waals surface area contributed by atoms with Crippen LogP contribution in [0.2, 0.25) is 5.02 Å². The van der Waals surface area contributed by atoms with Crippen LogP contribution in [-0.4, -0.2) is 14.7 Å². The molecule has 21 heavy (non-hydrogen) atoms. The molecule has 0 amide bonds. The van der Waals surface area contributed by atoms with Gasteiger partial charge in [-0.1, -0.05) is 11.6 Å². The lowest BCUT2D eigenvalue weighted by Crippen LogP contribution is -2.03. The molecule has 0 spiro atoms. The van der Waals surface area contributed by atoms with Gasteiger partial charge >= 0.3 is 0 Å². The summed E-state index contributed by atoms with van der Waals surface area (Å²) >= 11 is 9.36. The molecule has 0 unspecified atom stereocenters. The Bertz CT molecular complexity index is 827. The second-order valence-corrected chi connectivity index (χ2v) is 6.49. The van der Waals surface area contributed by atoms with E-state index in [2.05, 4.69) is 39.3 Å². The summed E-state index contributed by atoms with van der Waals surface area (Å²) in [6.45, 7) is 4.22. The molecular formula is C16H14BrClN2O. The number of benzene rings is 2. The first-order valence-electron chi connectivity index (χ1n) is 6.63. The van der Waals surface area contributed by atoms with E-state index in [4.69, 9.17) is 11.6 Å². The minimum atomic E-state index is 0.202. The van der Waals surface area contributed by atoms with Crippen molar-refractivity contribution in [3.63, 3.8) is 0 Å². The molecule has 1 N–H and O–H groups in total. The van der Waals surface area contributed by atoms with Crippen LogP contribution in [0.1, 0.15) is 19.9 Å². The topological polar surface area (TPSA) is 38.0 Å². The van der Waals surface area contributed by atoms with Gasteiger partial charge in [0.15, 0.2) is 0 Å². The number of halogens is 2. The third kappa shape index (κ3) is 2.54. The van der Waals surface area contributed by atoms with Gasteiger partial charge < -0.3 is 9.67 Å². The van der Waals surface area contributed by atoms with Gasteiger partial charge in [-0.15, -0.1) is 0 Å². The molecule has 3 nitrogen and oxygen atoms in total. The first-order valence-corrected chi connectivity index (χ1v) is 7.81. The zero-order valence-corrected chi connectivity index (χ0v) is 14.0. The molecule has 108 valence electrons. The number of phenols is 1. The maximum Gasteiger partial charge on any atom is 0.141 e. The predicted molar refractivity (Wildman–Crippen MR) is 89.9 cm³/mol. The molecule has 0 aliphatic heterocycles. The van der Waals surface area contributed by atoms with E-state index in [-0.39, 0.29) is 11.8 Å². The highest BCUT2D eigenvalue weighted by Gasteiger charge is 2.16. The van der Waals surface area contributed by atoms with Crippen molar-refractivity contribution < 1.29 is 5.11 Å². The van der Waals surface area contributed by atoms with Crippen molar-refractivity contribution >= 4 is 38.6 Å². The van der Waals surface area contributed by atoms with E-state index in [1.807, 2.05) is 30.3 Å². The summed E-state index contributed by atoms with van der Waals surface area (Å²) in [5, 5.41) is 10.6. The minimum absolute atomic E-state index is 0.202. The Labute approximate surface area is 136 Å².